The second-order valence-electron chi connectivity index (χ2n) is 12.3. The zero-order valence-corrected chi connectivity index (χ0v) is 23.9. The summed E-state index contributed by atoms with van der Waals surface area (Å²) in [7, 11) is 0. The number of hydrogen-bond donors (Lipinski definition) is 0. The summed E-state index contributed by atoms with van der Waals surface area (Å²) in [5.41, 5.74) is 0.725. The van der Waals surface area contributed by atoms with Gasteiger partial charge in [0, 0.05) is 22.1 Å². The number of amidine groups is 1. The first-order chi connectivity index (χ1) is 19.2. The molecule has 0 saturated heterocycles. The Morgan fingerprint density at radius 2 is 1.15 bits per heavy atom. The van der Waals surface area contributed by atoms with Gasteiger partial charge in [-0.3, -0.25) is 33.9 Å². The maximum absolute atomic E-state index is 13.6. The number of nitrogens with zero attached hydrogens (tertiary/aromatic N) is 3. The normalized spacial score (nSPS) is 15.5. The smallest absolute Gasteiger partial charge is 0.267 e. The van der Waals surface area contributed by atoms with Crippen LogP contribution in [0, 0.1) is 5.41 Å². The highest BCUT2D eigenvalue weighted by atomic mass is 16.2. The number of amides is 4. The predicted octanol–water partition coefficient (Wildman–Crippen LogP) is 5.55. The third kappa shape index (κ3) is 4.79. The van der Waals surface area contributed by atoms with Gasteiger partial charge in [0.15, 0.2) is 5.78 Å². The first kappa shape index (κ1) is 27.8. The summed E-state index contributed by atoms with van der Waals surface area (Å²) in [4.78, 5) is 73.3. The minimum atomic E-state index is -0.716. The van der Waals surface area contributed by atoms with Crippen molar-refractivity contribution in [3.63, 3.8) is 0 Å². The van der Waals surface area contributed by atoms with Gasteiger partial charge in [-0.25, -0.2) is 4.90 Å². The second-order valence-corrected chi connectivity index (χ2v) is 12.3. The molecule has 0 N–H and O–H groups in total. The molecule has 4 amide bonds. The fraction of sp³-hybridized carbons (Fsp3) is 0.273. The van der Waals surface area contributed by atoms with Crippen LogP contribution in [0.5, 0.6) is 0 Å². The molecule has 8 heteroatoms. The Labute approximate surface area is 238 Å². The number of benzene rings is 3. The van der Waals surface area contributed by atoms with Crippen LogP contribution in [-0.4, -0.2) is 50.6 Å². The van der Waals surface area contributed by atoms with E-state index in [1.807, 2.05) is 51.1 Å². The lowest BCUT2D eigenvalue weighted by molar-refractivity contribution is 0.0506. The van der Waals surface area contributed by atoms with Crippen molar-refractivity contribution in [3.8, 4) is 0 Å². The first-order valence-electron chi connectivity index (χ1n) is 13.4. The molecule has 2 aliphatic heterocycles. The number of imide groups is 2. The fourth-order valence-corrected chi connectivity index (χ4v) is 5.13. The SMILES string of the molecule is CC(C)(C)C(=NCc1ccccc1)N1C(=O)c2ccc(C(=O)c3ccc4c(c3)C(=O)N(C(C)(C)C)C4=O)cc2C1=O. The van der Waals surface area contributed by atoms with Crippen molar-refractivity contribution in [2.45, 2.75) is 53.6 Å². The van der Waals surface area contributed by atoms with Crippen molar-refractivity contribution in [3.05, 3.63) is 106 Å². The van der Waals surface area contributed by atoms with Crippen LogP contribution in [0.4, 0.5) is 0 Å². The van der Waals surface area contributed by atoms with Crippen LogP contribution in [0.25, 0.3) is 0 Å². The Bertz CT molecular complexity index is 1670. The van der Waals surface area contributed by atoms with E-state index in [-0.39, 0.29) is 33.4 Å². The van der Waals surface area contributed by atoms with Gasteiger partial charge in [0.25, 0.3) is 23.6 Å². The monoisotopic (exact) mass is 549 g/mol. The van der Waals surface area contributed by atoms with Crippen molar-refractivity contribution < 1.29 is 24.0 Å². The van der Waals surface area contributed by atoms with E-state index in [9.17, 15) is 24.0 Å². The molecule has 0 aliphatic carbocycles. The summed E-state index contributed by atoms with van der Waals surface area (Å²) in [5.74, 6) is -1.99. The summed E-state index contributed by atoms with van der Waals surface area (Å²) in [6.07, 6.45) is 0. The lowest BCUT2D eigenvalue weighted by Crippen LogP contribution is -2.45. The van der Waals surface area contributed by atoms with Crippen LogP contribution in [0.3, 0.4) is 0 Å². The average molecular weight is 550 g/mol. The Morgan fingerprint density at radius 1 is 0.659 bits per heavy atom. The maximum Gasteiger partial charge on any atom is 0.267 e. The fourth-order valence-electron chi connectivity index (χ4n) is 5.13. The van der Waals surface area contributed by atoms with Gasteiger partial charge in [0.1, 0.15) is 5.84 Å². The number of aliphatic imine (C=N–C) groups is 1. The van der Waals surface area contributed by atoms with Gasteiger partial charge in [-0.1, -0.05) is 63.2 Å². The molecule has 5 rings (SSSR count). The average Bonchev–Trinajstić information content (AvgIpc) is 3.32. The van der Waals surface area contributed by atoms with Gasteiger partial charge in [-0.05, 0) is 50.6 Å². The molecule has 0 fully saturated rings. The summed E-state index contributed by atoms with van der Waals surface area (Å²) in [6, 6.07) is 18.3. The topological polar surface area (TPSA) is 104 Å². The molecular formula is C33H31N3O5. The van der Waals surface area contributed by atoms with Crippen LogP contribution in [0.1, 0.15) is 104 Å². The molecule has 0 saturated carbocycles. The second kappa shape index (κ2) is 9.73. The number of ketones is 1. The number of hydrogen-bond acceptors (Lipinski definition) is 6. The van der Waals surface area contributed by atoms with E-state index in [0.29, 0.717) is 12.4 Å². The Hall–Kier alpha value is -4.72. The van der Waals surface area contributed by atoms with Crippen LogP contribution >= 0.6 is 0 Å². The van der Waals surface area contributed by atoms with E-state index < -0.39 is 40.4 Å². The lowest BCUT2D eigenvalue weighted by Gasteiger charge is -2.29. The van der Waals surface area contributed by atoms with Gasteiger partial charge in [0.2, 0.25) is 0 Å². The minimum absolute atomic E-state index is 0.115. The molecule has 41 heavy (non-hydrogen) atoms. The highest BCUT2D eigenvalue weighted by Crippen LogP contribution is 2.32. The number of carbonyl (C=O) groups excluding carboxylic acids is 5. The Kier molecular flexibility index (Phi) is 6.60. The van der Waals surface area contributed by atoms with E-state index in [2.05, 4.69) is 4.99 Å². The molecule has 0 spiro atoms. The third-order valence-corrected chi connectivity index (χ3v) is 7.11. The number of rotatable bonds is 4. The predicted molar refractivity (Wildman–Crippen MR) is 154 cm³/mol. The molecule has 3 aromatic rings. The minimum Gasteiger partial charge on any atom is -0.289 e. The van der Waals surface area contributed by atoms with Gasteiger partial charge < -0.3 is 0 Å². The quantitative estimate of drug-likeness (QED) is 0.184. The van der Waals surface area contributed by atoms with E-state index in [4.69, 9.17) is 0 Å². The zero-order valence-electron chi connectivity index (χ0n) is 23.9. The molecule has 0 bridgehead atoms. The van der Waals surface area contributed by atoms with Gasteiger partial charge in [-0.15, -0.1) is 0 Å². The summed E-state index contributed by atoms with van der Waals surface area (Å²) < 4.78 is 0. The molecular weight excluding hydrogens is 518 g/mol. The molecule has 0 aromatic heterocycles. The Balaban J connectivity index is 1.46. The van der Waals surface area contributed by atoms with Crippen LogP contribution in [0.2, 0.25) is 0 Å². The maximum atomic E-state index is 13.6. The van der Waals surface area contributed by atoms with E-state index >= 15 is 0 Å². The molecule has 0 unspecified atom stereocenters. The lowest BCUT2D eigenvalue weighted by atomic mass is 9.93. The van der Waals surface area contributed by atoms with Crippen molar-refractivity contribution in [2.75, 3.05) is 0 Å². The van der Waals surface area contributed by atoms with E-state index in [0.717, 1.165) is 10.5 Å². The molecule has 208 valence electrons. The van der Waals surface area contributed by atoms with Crippen LogP contribution < -0.4 is 0 Å². The molecule has 2 heterocycles. The van der Waals surface area contributed by atoms with Crippen molar-refractivity contribution in [1.29, 1.82) is 0 Å². The third-order valence-electron chi connectivity index (χ3n) is 7.11. The summed E-state index contributed by atoms with van der Waals surface area (Å²) >= 11 is 0. The van der Waals surface area contributed by atoms with Crippen LogP contribution in [-0.2, 0) is 6.54 Å². The van der Waals surface area contributed by atoms with Crippen molar-refractivity contribution >= 4 is 35.2 Å². The van der Waals surface area contributed by atoms with Gasteiger partial charge in [-0.2, -0.15) is 0 Å². The van der Waals surface area contributed by atoms with Crippen molar-refractivity contribution in [1.82, 2.24) is 9.80 Å². The Morgan fingerprint density at radius 3 is 1.68 bits per heavy atom. The number of fused-ring (bicyclic) bond motifs is 2. The van der Waals surface area contributed by atoms with E-state index in [1.165, 1.54) is 41.3 Å². The van der Waals surface area contributed by atoms with Crippen LogP contribution in [0.15, 0.2) is 71.7 Å². The summed E-state index contributed by atoms with van der Waals surface area (Å²) in [6.45, 7) is 11.3. The highest BCUT2D eigenvalue weighted by Gasteiger charge is 2.44. The molecule has 2 aliphatic rings. The zero-order chi connectivity index (χ0) is 29.9. The molecule has 3 aromatic carbocycles. The van der Waals surface area contributed by atoms with Gasteiger partial charge in [0.05, 0.1) is 28.8 Å². The summed E-state index contributed by atoms with van der Waals surface area (Å²) in [5, 5.41) is 0. The number of carbonyl (C=O) groups is 5. The molecule has 0 radical (unpaired) electrons. The van der Waals surface area contributed by atoms with E-state index in [1.54, 1.807) is 20.8 Å². The first-order valence-corrected chi connectivity index (χ1v) is 13.4. The highest BCUT2D eigenvalue weighted by molar-refractivity contribution is 6.31. The van der Waals surface area contributed by atoms with Gasteiger partial charge >= 0.3 is 0 Å². The molecule has 8 nitrogen and oxygen atoms in total. The standard InChI is InChI=1S/C33H31N3O5/c1-32(2,3)31(34-18-19-10-8-7-9-11-19)35-27(38)22-14-12-20(16-24(22)28(35)39)26(37)21-13-15-23-25(17-21)30(41)36(29(23)40)33(4,5)6/h7-17H,18H2,1-6H3. The molecule has 0 atom stereocenters. The largest absolute Gasteiger partial charge is 0.289 e. The van der Waals surface area contributed by atoms with Crippen molar-refractivity contribution in [2.24, 2.45) is 10.4 Å².